The number of hydrogen-bond donors (Lipinski definition) is 1. The molecule has 1 atom stereocenters. The van der Waals surface area contributed by atoms with E-state index in [4.69, 9.17) is 4.74 Å². The normalized spacial score (nSPS) is 16.6. The number of nitrogens with zero attached hydrogens (tertiary/aromatic N) is 2. The zero-order valence-electron chi connectivity index (χ0n) is 15.0. The molecular weight excluding hydrogens is 362 g/mol. The standard InChI is InChI=1S/C20H23N3O3S/c21-15-18-8-4-5-9-20(18)27(24,25)22-16-19(23-10-12-26-13-11-23)14-17-6-2-1-3-7-17/h1-9,19,22H,10-14,16H2. The van der Waals surface area contributed by atoms with Gasteiger partial charge >= 0.3 is 0 Å². The Kier molecular flexibility index (Phi) is 6.58. The SMILES string of the molecule is N#Cc1ccccc1S(=O)(=O)NCC(Cc1ccccc1)N1CCOCC1. The molecule has 0 saturated carbocycles. The van der Waals surface area contributed by atoms with Crippen molar-refractivity contribution in [3.05, 3.63) is 65.7 Å². The molecule has 1 fully saturated rings. The molecule has 0 aliphatic carbocycles. The predicted octanol–water partition coefficient (Wildman–Crippen LogP) is 1.78. The summed E-state index contributed by atoms with van der Waals surface area (Å²) in [7, 11) is -3.76. The van der Waals surface area contributed by atoms with E-state index in [-0.39, 0.29) is 23.0 Å². The molecule has 0 aromatic heterocycles. The summed E-state index contributed by atoms with van der Waals surface area (Å²) in [4.78, 5) is 2.28. The summed E-state index contributed by atoms with van der Waals surface area (Å²) in [5.74, 6) is 0. The molecule has 0 spiro atoms. The van der Waals surface area contributed by atoms with E-state index in [1.165, 1.54) is 12.1 Å². The third-order valence-electron chi connectivity index (χ3n) is 4.68. The second-order valence-corrected chi connectivity index (χ2v) is 8.19. The predicted molar refractivity (Wildman–Crippen MR) is 103 cm³/mol. The van der Waals surface area contributed by atoms with Crippen LogP contribution in [0.25, 0.3) is 0 Å². The number of morpholine rings is 1. The molecule has 0 amide bonds. The minimum Gasteiger partial charge on any atom is -0.379 e. The summed E-state index contributed by atoms with van der Waals surface area (Å²) in [6.07, 6.45) is 0.739. The highest BCUT2D eigenvalue weighted by Crippen LogP contribution is 2.16. The second kappa shape index (κ2) is 9.11. The number of nitrogens with one attached hydrogen (secondary N) is 1. The van der Waals surface area contributed by atoms with Crippen LogP contribution in [-0.2, 0) is 21.2 Å². The highest BCUT2D eigenvalue weighted by molar-refractivity contribution is 7.89. The van der Waals surface area contributed by atoms with E-state index < -0.39 is 10.0 Å². The van der Waals surface area contributed by atoms with Gasteiger partial charge in [0.05, 0.1) is 23.7 Å². The van der Waals surface area contributed by atoms with Crippen LogP contribution in [0, 0.1) is 11.3 Å². The number of nitriles is 1. The van der Waals surface area contributed by atoms with E-state index in [9.17, 15) is 13.7 Å². The fourth-order valence-corrected chi connectivity index (χ4v) is 4.46. The highest BCUT2D eigenvalue weighted by Gasteiger charge is 2.25. The summed E-state index contributed by atoms with van der Waals surface area (Å²) < 4.78 is 33.6. The summed E-state index contributed by atoms with van der Waals surface area (Å²) >= 11 is 0. The van der Waals surface area contributed by atoms with E-state index in [1.54, 1.807) is 12.1 Å². The van der Waals surface area contributed by atoms with Crippen LogP contribution < -0.4 is 4.72 Å². The molecule has 142 valence electrons. The molecule has 1 aliphatic heterocycles. The average Bonchev–Trinajstić information content (AvgIpc) is 2.72. The smallest absolute Gasteiger partial charge is 0.241 e. The van der Waals surface area contributed by atoms with Crippen LogP contribution in [0.15, 0.2) is 59.5 Å². The van der Waals surface area contributed by atoms with Crippen molar-refractivity contribution in [2.45, 2.75) is 17.4 Å². The van der Waals surface area contributed by atoms with E-state index >= 15 is 0 Å². The Hall–Kier alpha value is -2.24. The molecule has 1 heterocycles. The lowest BCUT2D eigenvalue weighted by Crippen LogP contribution is -2.49. The fraction of sp³-hybridized carbons (Fsp3) is 0.350. The van der Waals surface area contributed by atoms with Gasteiger partial charge in [-0.05, 0) is 24.1 Å². The Labute approximate surface area is 160 Å². The summed E-state index contributed by atoms with van der Waals surface area (Å²) in [6.45, 7) is 3.11. The first-order valence-corrected chi connectivity index (χ1v) is 10.4. The number of rotatable bonds is 7. The molecule has 0 radical (unpaired) electrons. The van der Waals surface area contributed by atoms with Crippen molar-refractivity contribution in [1.82, 2.24) is 9.62 Å². The molecule has 1 unspecified atom stereocenters. The zero-order valence-corrected chi connectivity index (χ0v) is 15.9. The van der Waals surface area contributed by atoms with E-state index in [1.807, 2.05) is 36.4 Å². The molecule has 3 rings (SSSR count). The number of ether oxygens (including phenoxy) is 1. The molecule has 7 heteroatoms. The summed E-state index contributed by atoms with van der Waals surface area (Å²) in [5, 5.41) is 9.19. The second-order valence-electron chi connectivity index (χ2n) is 6.45. The maximum Gasteiger partial charge on any atom is 0.241 e. The Morgan fingerprint density at radius 1 is 1.07 bits per heavy atom. The fourth-order valence-electron chi connectivity index (χ4n) is 3.24. The molecule has 2 aromatic rings. The van der Waals surface area contributed by atoms with Gasteiger partial charge in [-0.25, -0.2) is 13.1 Å². The minimum atomic E-state index is -3.76. The molecule has 1 aliphatic rings. The molecule has 1 saturated heterocycles. The van der Waals surface area contributed by atoms with Crippen molar-refractivity contribution >= 4 is 10.0 Å². The van der Waals surface area contributed by atoms with Crippen LogP contribution >= 0.6 is 0 Å². The van der Waals surface area contributed by atoms with Gasteiger partial charge in [0.2, 0.25) is 10.0 Å². The molecular formula is C20H23N3O3S. The lowest BCUT2D eigenvalue weighted by molar-refractivity contribution is 0.0177. The van der Waals surface area contributed by atoms with Gasteiger partial charge in [0, 0.05) is 25.7 Å². The Bertz CT molecular complexity index is 888. The first kappa shape index (κ1) is 19.5. The number of hydrogen-bond acceptors (Lipinski definition) is 5. The van der Waals surface area contributed by atoms with Crippen LogP contribution in [0.3, 0.4) is 0 Å². The van der Waals surface area contributed by atoms with Gasteiger partial charge in [0.25, 0.3) is 0 Å². The summed E-state index contributed by atoms with van der Waals surface area (Å²) in [5.41, 5.74) is 1.31. The Morgan fingerprint density at radius 2 is 1.74 bits per heavy atom. The van der Waals surface area contributed by atoms with Crippen molar-refractivity contribution < 1.29 is 13.2 Å². The van der Waals surface area contributed by atoms with Crippen molar-refractivity contribution in [3.63, 3.8) is 0 Å². The molecule has 0 bridgehead atoms. The quantitative estimate of drug-likeness (QED) is 0.786. The average molecular weight is 385 g/mol. The largest absolute Gasteiger partial charge is 0.379 e. The monoisotopic (exact) mass is 385 g/mol. The van der Waals surface area contributed by atoms with E-state index in [0.717, 1.165) is 25.1 Å². The molecule has 6 nitrogen and oxygen atoms in total. The van der Waals surface area contributed by atoms with Gasteiger partial charge in [0.1, 0.15) is 6.07 Å². The first-order chi connectivity index (χ1) is 13.1. The zero-order chi connectivity index (χ0) is 19.1. The van der Waals surface area contributed by atoms with Gasteiger partial charge in [-0.15, -0.1) is 0 Å². The lowest BCUT2D eigenvalue weighted by atomic mass is 10.0. The van der Waals surface area contributed by atoms with Crippen LogP contribution in [0.5, 0.6) is 0 Å². The minimum absolute atomic E-state index is 0.0142. The summed E-state index contributed by atoms with van der Waals surface area (Å²) in [6, 6.07) is 18.2. The molecule has 27 heavy (non-hydrogen) atoms. The van der Waals surface area contributed by atoms with Crippen LogP contribution in [0.1, 0.15) is 11.1 Å². The van der Waals surface area contributed by atoms with Gasteiger partial charge in [-0.2, -0.15) is 5.26 Å². The topological polar surface area (TPSA) is 82.4 Å². The number of sulfonamides is 1. The van der Waals surface area contributed by atoms with Crippen LogP contribution in [-0.4, -0.2) is 52.2 Å². The van der Waals surface area contributed by atoms with Gasteiger partial charge in [-0.3, -0.25) is 4.90 Å². The van der Waals surface area contributed by atoms with Crippen LogP contribution in [0.2, 0.25) is 0 Å². The van der Waals surface area contributed by atoms with Gasteiger partial charge in [-0.1, -0.05) is 42.5 Å². The molecule has 1 N–H and O–H groups in total. The molecule has 2 aromatic carbocycles. The van der Waals surface area contributed by atoms with Crippen molar-refractivity contribution in [2.24, 2.45) is 0 Å². The van der Waals surface area contributed by atoms with Crippen molar-refractivity contribution in [2.75, 3.05) is 32.8 Å². The maximum atomic E-state index is 12.7. The van der Waals surface area contributed by atoms with Crippen molar-refractivity contribution in [1.29, 1.82) is 5.26 Å². The van der Waals surface area contributed by atoms with Gasteiger partial charge in [0.15, 0.2) is 0 Å². The van der Waals surface area contributed by atoms with Gasteiger partial charge < -0.3 is 4.74 Å². The van der Waals surface area contributed by atoms with E-state index in [2.05, 4.69) is 9.62 Å². The lowest BCUT2D eigenvalue weighted by Gasteiger charge is -2.34. The highest BCUT2D eigenvalue weighted by atomic mass is 32.2. The third-order valence-corrected chi connectivity index (χ3v) is 6.16. The Balaban J connectivity index is 1.76. The van der Waals surface area contributed by atoms with Crippen molar-refractivity contribution in [3.8, 4) is 6.07 Å². The van der Waals surface area contributed by atoms with E-state index in [0.29, 0.717) is 13.2 Å². The Morgan fingerprint density at radius 3 is 2.44 bits per heavy atom. The van der Waals surface area contributed by atoms with Crippen LogP contribution in [0.4, 0.5) is 0 Å². The third kappa shape index (κ3) is 5.15. The maximum absolute atomic E-state index is 12.7. The first-order valence-electron chi connectivity index (χ1n) is 8.94. The number of benzene rings is 2.